The van der Waals surface area contributed by atoms with E-state index >= 15 is 0 Å². The Bertz CT molecular complexity index is 875. The molecule has 140 valence electrons. The van der Waals surface area contributed by atoms with E-state index in [1.165, 1.54) is 5.56 Å². The number of hydrogen-bond acceptors (Lipinski definition) is 4. The van der Waals surface area contributed by atoms with Crippen LogP contribution in [0.3, 0.4) is 0 Å². The van der Waals surface area contributed by atoms with Gasteiger partial charge in [0.05, 0.1) is 19.4 Å². The summed E-state index contributed by atoms with van der Waals surface area (Å²) in [6.45, 7) is 0.939. The minimum absolute atomic E-state index is 0.0232. The van der Waals surface area contributed by atoms with Crippen molar-refractivity contribution in [3.63, 3.8) is 0 Å². The molecule has 0 saturated heterocycles. The number of carbonyl (C=O) groups is 1. The molecule has 0 aliphatic heterocycles. The molecule has 0 radical (unpaired) electrons. The molecule has 0 aliphatic carbocycles. The largest absolute Gasteiger partial charge is 0.497 e. The zero-order valence-electron chi connectivity index (χ0n) is 15.3. The highest BCUT2D eigenvalue weighted by molar-refractivity contribution is 7.99. The summed E-state index contributed by atoms with van der Waals surface area (Å²) in [7, 11) is 1.65. The second-order valence-corrected chi connectivity index (χ2v) is 7.00. The lowest BCUT2D eigenvalue weighted by Crippen LogP contribution is -2.29. The van der Waals surface area contributed by atoms with E-state index in [1.807, 2.05) is 54.6 Å². The lowest BCUT2D eigenvalue weighted by atomic mass is 10.1. The number of rotatable bonds is 9. The number of amides is 1. The van der Waals surface area contributed by atoms with E-state index in [0.29, 0.717) is 18.9 Å². The van der Waals surface area contributed by atoms with Crippen LogP contribution in [0.5, 0.6) is 11.5 Å². The maximum absolute atomic E-state index is 11.9. The minimum Gasteiger partial charge on any atom is -0.497 e. The summed E-state index contributed by atoms with van der Waals surface area (Å²) in [5.41, 5.74) is 1.17. The average molecular weight is 381 g/mol. The summed E-state index contributed by atoms with van der Waals surface area (Å²) in [5.74, 6) is 2.93. The van der Waals surface area contributed by atoms with Gasteiger partial charge in [0.25, 0.3) is 0 Å². The molecule has 3 aromatic carbocycles. The zero-order chi connectivity index (χ0) is 18.9. The van der Waals surface area contributed by atoms with Crippen LogP contribution in [0.1, 0.15) is 5.56 Å². The van der Waals surface area contributed by atoms with E-state index in [4.69, 9.17) is 9.47 Å². The number of nitrogens with one attached hydrogen (secondary N) is 1. The Kier molecular flexibility index (Phi) is 6.99. The molecule has 1 amide bonds. The summed E-state index contributed by atoms with van der Waals surface area (Å²) in [6, 6.07) is 22.0. The molecule has 0 bridgehead atoms. The van der Waals surface area contributed by atoms with Crippen LogP contribution in [-0.2, 0) is 10.5 Å². The molecular weight excluding hydrogens is 358 g/mol. The van der Waals surface area contributed by atoms with Crippen molar-refractivity contribution >= 4 is 28.4 Å². The molecule has 0 atom stereocenters. The standard InChI is InChI=1S/C22H23NO3S/c1-25-19-11-9-17(10-12-19)15-27-16-22(24)23-13-14-26-21-8-4-6-18-5-2-3-7-20(18)21/h2-12H,13-16H2,1H3,(H,23,24). The van der Waals surface area contributed by atoms with Gasteiger partial charge in [0.15, 0.2) is 0 Å². The maximum atomic E-state index is 11.9. The van der Waals surface area contributed by atoms with Crippen molar-refractivity contribution in [2.45, 2.75) is 5.75 Å². The Hall–Kier alpha value is -2.66. The Morgan fingerprint density at radius 3 is 2.59 bits per heavy atom. The van der Waals surface area contributed by atoms with Gasteiger partial charge < -0.3 is 14.8 Å². The van der Waals surface area contributed by atoms with E-state index < -0.39 is 0 Å². The van der Waals surface area contributed by atoms with E-state index in [-0.39, 0.29) is 5.91 Å². The van der Waals surface area contributed by atoms with Gasteiger partial charge in [0.2, 0.25) is 5.91 Å². The van der Waals surface area contributed by atoms with Crippen molar-refractivity contribution in [3.8, 4) is 11.5 Å². The van der Waals surface area contributed by atoms with Gasteiger partial charge in [-0.15, -0.1) is 11.8 Å². The van der Waals surface area contributed by atoms with E-state index in [2.05, 4.69) is 17.4 Å². The van der Waals surface area contributed by atoms with Gasteiger partial charge in [-0.2, -0.15) is 0 Å². The summed E-state index contributed by atoms with van der Waals surface area (Å²) in [5, 5.41) is 5.13. The number of carbonyl (C=O) groups excluding carboxylic acids is 1. The predicted molar refractivity (Wildman–Crippen MR) is 112 cm³/mol. The first-order valence-electron chi connectivity index (χ1n) is 8.84. The number of thioether (sulfide) groups is 1. The van der Waals surface area contributed by atoms with Gasteiger partial charge in [-0.25, -0.2) is 0 Å². The lowest BCUT2D eigenvalue weighted by molar-refractivity contribution is -0.118. The van der Waals surface area contributed by atoms with E-state index in [0.717, 1.165) is 28.0 Å². The Labute approximate surface area is 163 Å². The second kappa shape index (κ2) is 9.88. The number of methoxy groups -OCH3 is 1. The van der Waals surface area contributed by atoms with Crippen molar-refractivity contribution in [2.75, 3.05) is 26.0 Å². The highest BCUT2D eigenvalue weighted by Gasteiger charge is 2.04. The van der Waals surface area contributed by atoms with Gasteiger partial charge in [-0.05, 0) is 29.1 Å². The summed E-state index contributed by atoms with van der Waals surface area (Å²) >= 11 is 1.59. The first kappa shape index (κ1) is 19.1. The molecule has 27 heavy (non-hydrogen) atoms. The average Bonchev–Trinajstić information content (AvgIpc) is 2.72. The van der Waals surface area contributed by atoms with Gasteiger partial charge in [-0.1, -0.05) is 48.5 Å². The third-order valence-corrected chi connectivity index (χ3v) is 5.10. The highest BCUT2D eigenvalue weighted by Crippen LogP contribution is 2.24. The molecule has 0 saturated carbocycles. The summed E-state index contributed by atoms with van der Waals surface area (Å²) < 4.78 is 11.0. The quantitative estimate of drug-likeness (QED) is 0.562. The molecular formula is C22H23NO3S. The van der Waals surface area contributed by atoms with Gasteiger partial charge in [0.1, 0.15) is 18.1 Å². The Balaban J connectivity index is 1.35. The fourth-order valence-electron chi connectivity index (χ4n) is 2.71. The molecule has 0 spiro atoms. The van der Waals surface area contributed by atoms with Crippen molar-refractivity contribution in [2.24, 2.45) is 0 Å². The molecule has 5 heteroatoms. The monoisotopic (exact) mass is 381 g/mol. The number of benzene rings is 3. The first-order valence-corrected chi connectivity index (χ1v) is 9.99. The van der Waals surface area contributed by atoms with Gasteiger partial charge in [0, 0.05) is 11.1 Å². The third-order valence-electron chi connectivity index (χ3n) is 4.09. The van der Waals surface area contributed by atoms with Gasteiger partial charge >= 0.3 is 0 Å². The second-order valence-electron chi connectivity index (χ2n) is 6.02. The first-order chi connectivity index (χ1) is 13.3. The normalized spacial score (nSPS) is 10.6. The molecule has 0 aromatic heterocycles. The topological polar surface area (TPSA) is 47.6 Å². The molecule has 0 heterocycles. The van der Waals surface area contributed by atoms with Crippen LogP contribution in [0.2, 0.25) is 0 Å². The van der Waals surface area contributed by atoms with Crippen molar-refractivity contribution in [1.82, 2.24) is 5.32 Å². The number of fused-ring (bicyclic) bond motifs is 1. The fourth-order valence-corrected chi connectivity index (χ4v) is 3.53. The van der Waals surface area contributed by atoms with Crippen LogP contribution in [0.15, 0.2) is 66.7 Å². The van der Waals surface area contributed by atoms with Crippen molar-refractivity contribution in [3.05, 3.63) is 72.3 Å². The van der Waals surface area contributed by atoms with Crippen LogP contribution in [0.4, 0.5) is 0 Å². The van der Waals surface area contributed by atoms with Crippen LogP contribution in [0.25, 0.3) is 10.8 Å². The highest BCUT2D eigenvalue weighted by atomic mass is 32.2. The van der Waals surface area contributed by atoms with Crippen LogP contribution >= 0.6 is 11.8 Å². The van der Waals surface area contributed by atoms with Crippen LogP contribution in [-0.4, -0.2) is 31.9 Å². The van der Waals surface area contributed by atoms with Crippen LogP contribution in [0, 0.1) is 0 Å². The SMILES string of the molecule is COc1ccc(CSCC(=O)NCCOc2cccc3ccccc23)cc1. The molecule has 3 rings (SSSR count). The smallest absolute Gasteiger partial charge is 0.230 e. The predicted octanol–water partition coefficient (Wildman–Crippen LogP) is 4.28. The van der Waals surface area contributed by atoms with E-state index in [1.54, 1.807) is 18.9 Å². The van der Waals surface area contributed by atoms with Crippen LogP contribution < -0.4 is 14.8 Å². The lowest BCUT2D eigenvalue weighted by Gasteiger charge is -2.10. The molecule has 1 N–H and O–H groups in total. The fraction of sp³-hybridized carbons (Fsp3) is 0.227. The van der Waals surface area contributed by atoms with E-state index in [9.17, 15) is 4.79 Å². The zero-order valence-corrected chi connectivity index (χ0v) is 16.1. The molecule has 0 fully saturated rings. The Morgan fingerprint density at radius 2 is 1.78 bits per heavy atom. The molecule has 4 nitrogen and oxygen atoms in total. The number of hydrogen-bond donors (Lipinski definition) is 1. The summed E-state index contributed by atoms with van der Waals surface area (Å²) in [6.07, 6.45) is 0. The summed E-state index contributed by atoms with van der Waals surface area (Å²) in [4.78, 5) is 11.9. The van der Waals surface area contributed by atoms with Crippen molar-refractivity contribution < 1.29 is 14.3 Å². The molecule has 0 aliphatic rings. The number of ether oxygens (including phenoxy) is 2. The Morgan fingerprint density at radius 1 is 1.00 bits per heavy atom. The van der Waals surface area contributed by atoms with Gasteiger partial charge in [-0.3, -0.25) is 4.79 Å². The minimum atomic E-state index is 0.0232. The molecule has 0 unspecified atom stereocenters. The van der Waals surface area contributed by atoms with Crippen molar-refractivity contribution in [1.29, 1.82) is 0 Å². The molecule has 3 aromatic rings. The maximum Gasteiger partial charge on any atom is 0.230 e. The third kappa shape index (κ3) is 5.66.